The first kappa shape index (κ1) is 23.1. The average Bonchev–Trinajstić information content (AvgIpc) is 3.58. The van der Waals surface area contributed by atoms with Crippen LogP contribution in [-0.4, -0.2) is 64.3 Å². The van der Waals surface area contributed by atoms with E-state index in [1.807, 2.05) is 39.9 Å². The summed E-state index contributed by atoms with van der Waals surface area (Å²) in [6.07, 6.45) is 6.64. The summed E-state index contributed by atoms with van der Waals surface area (Å²) in [4.78, 5) is 32.0. The van der Waals surface area contributed by atoms with E-state index in [-0.39, 0.29) is 0 Å². The Balaban J connectivity index is 1.50. The number of carbonyl (C=O) groups excluding carboxylic acids is 1. The zero-order chi connectivity index (χ0) is 25.2. The predicted molar refractivity (Wildman–Crippen MR) is 133 cm³/mol. The van der Waals surface area contributed by atoms with Crippen molar-refractivity contribution < 1.29 is 19.0 Å². The number of carbonyl (C=O) groups is 1. The first-order chi connectivity index (χ1) is 17.5. The molecule has 5 rings (SSSR count). The molecule has 12 heteroatoms. The Bertz CT molecular complexity index is 1400. The second-order valence-corrected chi connectivity index (χ2v) is 8.18. The lowest BCUT2D eigenvalue weighted by atomic mass is 10.2. The number of primary amides is 1. The number of hydrogen-bond donors (Lipinski definition) is 2. The Morgan fingerprint density at radius 3 is 2.58 bits per heavy atom. The molecule has 1 atom stereocenters. The normalized spacial score (nSPS) is 15.2. The molecule has 0 saturated carbocycles. The van der Waals surface area contributed by atoms with Crippen molar-refractivity contribution in [3.63, 3.8) is 0 Å². The van der Waals surface area contributed by atoms with Gasteiger partial charge in [0.15, 0.2) is 17.1 Å². The molecular formula is C24H26N8O4. The van der Waals surface area contributed by atoms with Crippen molar-refractivity contribution in [2.45, 2.75) is 18.9 Å². The van der Waals surface area contributed by atoms with Crippen LogP contribution in [0.15, 0.2) is 43.0 Å². The minimum atomic E-state index is -0.446. The Kier molecular flexibility index (Phi) is 6.15. The highest BCUT2D eigenvalue weighted by molar-refractivity contribution is 5.90. The number of nitrogens with one attached hydrogen (secondary N) is 1. The van der Waals surface area contributed by atoms with E-state index in [0.29, 0.717) is 53.4 Å². The summed E-state index contributed by atoms with van der Waals surface area (Å²) >= 11 is 0. The van der Waals surface area contributed by atoms with E-state index in [4.69, 9.17) is 24.9 Å². The first-order valence-electron chi connectivity index (χ1n) is 11.3. The monoisotopic (exact) mass is 490 g/mol. The fourth-order valence-corrected chi connectivity index (χ4v) is 4.34. The van der Waals surface area contributed by atoms with Crippen molar-refractivity contribution in [2.24, 2.45) is 5.73 Å². The lowest BCUT2D eigenvalue weighted by molar-refractivity contribution is -0.119. The maximum Gasteiger partial charge on any atom is 0.240 e. The lowest BCUT2D eigenvalue weighted by Crippen LogP contribution is -2.41. The van der Waals surface area contributed by atoms with Crippen LogP contribution in [0.1, 0.15) is 12.8 Å². The molecule has 1 amide bonds. The summed E-state index contributed by atoms with van der Waals surface area (Å²) in [5.41, 5.74) is 6.88. The molecule has 0 unspecified atom stereocenters. The van der Waals surface area contributed by atoms with Crippen LogP contribution >= 0.6 is 0 Å². The molecule has 0 aliphatic carbocycles. The molecule has 0 radical (unpaired) electrons. The van der Waals surface area contributed by atoms with Crippen molar-refractivity contribution in [3.05, 3.63) is 43.0 Å². The minimum absolute atomic E-state index is 0.393. The van der Waals surface area contributed by atoms with Crippen molar-refractivity contribution in [2.75, 3.05) is 38.1 Å². The van der Waals surface area contributed by atoms with E-state index in [1.54, 1.807) is 33.9 Å². The number of ether oxygens (including phenoxy) is 3. The second kappa shape index (κ2) is 9.56. The highest BCUT2D eigenvalue weighted by Crippen LogP contribution is 2.39. The summed E-state index contributed by atoms with van der Waals surface area (Å²) in [7, 11) is 4.69. The summed E-state index contributed by atoms with van der Waals surface area (Å²) in [5, 5.41) is 3.99. The van der Waals surface area contributed by atoms with Crippen molar-refractivity contribution >= 4 is 34.5 Å². The zero-order valence-corrected chi connectivity index (χ0v) is 20.1. The Morgan fingerprint density at radius 1 is 1.11 bits per heavy atom. The fourth-order valence-electron chi connectivity index (χ4n) is 4.34. The molecule has 36 heavy (non-hydrogen) atoms. The number of hydrogen-bond acceptors (Lipinski definition) is 10. The third kappa shape index (κ3) is 4.17. The number of nitrogens with zero attached hydrogens (tertiary/aromatic N) is 6. The number of methoxy groups -OCH3 is 3. The SMILES string of the molecule is COc1cc(-n2cnc(Nc3nc(N4CCC[C@H]4C(N)=O)nc4ncccc34)c2)cc(OC)c1OC. The molecule has 1 saturated heterocycles. The molecule has 186 valence electrons. The molecule has 3 aromatic heterocycles. The van der Waals surface area contributed by atoms with Gasteiger partial charge in [-0.25, -0.2) is 9.97 Å². The number of anilines is 3. The van der Waals surface area contributed by atoms with Crippen molar-refractivity contribution in [3.8, 4) is 22.9 Å². The second-order valence-electron chi connectivity index (χ2n) is 8.18. The standard InChI is InChI=1S/C24H26N8O4/c1-34-17-10-14(11-18(35-2)20(17)36-3)31-12-19(27-13-31)28-23-15-6-4-8-26-22(15)29-24(30-23)32-9-5-7-16(32)21(25)33/h4,6,8,10-13,16H,5,7,9H2,1-3H3,(H2,25,33)(H,26,28,29,30)/t16-/m0/s1. The third-order valence-electron chi connectivity index (χ3n) is 6.07. The van der Waals surface area contributed by atoms with Gasteiger partial charge >= 0.3 is 0 Å². The molecule has 1 fully saturated rings. The molecule has 3 N–H and O–H groups in total. The summed E-state index contributed by atoms with van der Waals surface area (Å²) in [5.74, 6) is 2.64. The van der Waals surface area contributed by atoms with Crippen LogP contribution in [0.4, 0.5) is 17.6 Å². The number of amides is 1. The van der Waals surface area contributed by atoms with E-state index in [0.717, 1.165) is 17.5 Å². The van der Waals surface area contributed by atoms with E-state index < -0.39 is 11.9 Å². The van der Waals surface area contributed by atoms with Gasteiger partial charge in [-0.05, 0) is 25.0 Å². The van der Waals surface area contributed by atoms with Crippen molar-refractivity contribution in [1.29, 1.82) is 0 Å². The molecule has 4 heterocycles. The highest BCUT2D eigenvalue weighted by Gasteiger charge is 2.31. The molecule has 4 aromatic rings. The number of fused-ring (bicyclic) bond motifs is 1. The summed E-state index contributed by atoms with van der Waals surface area (Å²) < 4.78 is 18.2. The van der Waals surface area contributed by atoms with E-state index in [1.165, 1.54) is 0 Å². The average molecular weight is 491 g/mol. The third-order valence-corrected chi connectivity index (χ3v) is 6.07. The van der Waals surface area contributed by atoms with Crippen LogP contribution in [-0.2, 0) is 4.79 Å². The molecule has 0 spiro atoms. The number of imidazole rings is 1. The maximum absolute atomic E-state index is 11.9. The van der Waals surface area contributed by atoms with Crippen LogP contribution in [0.2, 0.25) is 0 Å². The van der Waals surface area contributed by atoms with Gasteiger partial charge in [-0.15, -0.1) is 0 Å². The number of rotatable bonds is 8. The quantitative estimate of drug-likeness (QED) is 0.378. The fraction of sp³-hybridized carbons (Fsp3) is 0.292. The number of nitrogens with two attached hydrogens (primary N) is 1. The van der Waals surface area contributed by atoms with Gasteiger partial charge in [0.25, 0.3) is 0 Å². The van der Waals surface area contributed by atoms with Gasteiger partial charge in [-0.3, -0.25) is 4.79 Å². The van der Waals surface area contributed by atoms with Crippen LogP contribution in [0.5, 0.6) is 17.2 Å². The topological polar surface area (TPSA) is 143 Å². The van der Waals surface area contributed by atoms with E-state index >= 15 is 0 Å². The van der Waals surface area contributed by atoms with Gasteiger partial charge in [-0.1, -0.05) is 0 Å². The molecule has 12 nitrogen and oxygen atoms in total. The molecular weight excluding hydrogens is 464 g/mol. The van der Waals surface area contributed by atoms with Crippen LogP contribution in [0.3, 0.4) is 0 Å². The van der Waals surface area contributed by atoms with Gasteiger partial charge in [0.05, 0.1) is 38.6 Å². The van der Waals surface area contributed by atoms with Crippen molar-refractivity contribution in [1.82, 2.24) is 24.5 Å². The van der Waals surface area contributed by atoms with Gasteiger partial charge in [-0.2, -0.15) is 9.97 Å². The number of aromatic nitrogens is 5. The minimum Gasteiger partial charge on any atom is -0.493 e. The van der Waals surface area contributed by atoms with Gasteiger partial charge in [0.1, 0.15) is 24.0 Å². The maximum atomic E-state index is 11.9. The predicted octanol–water partition coefficient (Wildman–Crippen LogP) is 2.43. The molecule has 1 aromatic carbocycles. The molecule has 1 aliphatic rings. The first-order valence-corrected chi connectivity index (χ1v) is 11.3. The number of pyridine rings is 1. The number of benzene rings is 1. The van der Waals surface area contributed by atoms with Gasteiger partial charge < -0.3 is 34.7 Å². The highest BCUT2D eigenvalue weighted by atomic mass is 16.5. The van der Waals surface area contributed by atoms with Gasteiger partial charge in [0.2, 0.25) is 17.6 Å². The summed E-state index contributed by atoms with van der Waals surface area (Å²) in [6, 6.07) is 6.89. The van der Waals surface area contributed by atoms with Crippen LogP contribution < -0.4 is 30.2 Å². The molecule has 0 bridgehead atoms. The Morgan fingerprint density at radius 2 is 1.89 bits per heavy atom. The zero-order valence-electron chi connectivity index (χ0n) is 20.1. The van der Waals surface area contributed by atoms with E-state index in [2.05, 4.69) is 20.3 Å². The van der Waals surface area contributed by atoms with Gasteiger partial charge in [0, 0.05) is 24.9 Å². The lowest BCUT2D eigenvalue weighted by Gasteiger charge is -2.22. The van der Waals surface area contributed by atoms with Crippen LogP contribution in [0.25, 0.3) is 16.7 Å². The Labute approximate surface area is 207 Å². The smallest absolute Gasteiger partial charge is 0.240 e. The van der Waals surface area contributed by atoms with Crippen LogP contribution in [0, 0.1) is 0 Å². The molecule has 1 aliphatic heterocycles. The largest absolute Gasteiger partial charge is 0.493 e. The van der Waals surface area contributed by atoms with E-state index in [9.17, 15) is 4.79 Å². The Hall–Kier alpha value is -4.61. The summed E-state index contributed by atoms with van der Waals surface area (Å²) in [6.45, 7) is 0.640.